The Kier molecular flexibility index (Phi) is 8.33. The quantitative estimate of drug-likeness (QED) is 0.667. The van der Waals surface area contributed by atoms with E-state index < -0.39 is 0 Å². The Labute approximate surface area is 120 Å². The zero-order valence-corrected chi connectivity index (χ0v) is 13.0. The maximum atomic E-state index is 2.93. The number of hydrogen-bond donors (Lipinski definition) is 0. The number of unbranched alkanes of at least 4 members (excludes halogenated alkanes) is 1. The van der Waals surface area contributed by atoms with Crippen LogP contribution in [0.3, 0.4) is 0 Å². The molecule has 2 heteroatoms. The summed E-state index contributed by atoms with van der Waals surface area (Å²) in [5, 5.41) is 0. The monoisotopic (exact) mass is 273 g/mol. The van der Waals surface area contributed by atoms with Crippen LogP contribution < -0.4 is 0 Å². The van der Waals surface area contributed by atoms with E-state index in [4.69, 9.17) is 0 Å². The molecule has 0 N–H and O–H groups in total. The summed E-state index contributed by atoms with van der Waals surface area (Å²) < 4.78 is 0. The molecule has 2 fully saturated rings. The summed E-state index contributed by atoms with van der Waals surface area (Å²) in [5.41, 5.74) is 0. The first-order valence-electron chi connectivity index (χ1n) is 8.17. The van der Waals surface area contributed by atoms with Crippen molar-refractivity contribution in [1.29, 1.82) is 0 Å². The molecule has 0 radical (unpaired) electrons. The fourth-order valence-corrected chi connectivity index (χ4v) is 3.83. The normalized spacial score (nSPS) is 23.0. The molecule has 0 saturated heterocycles. The average Bonchev–Trinajstić information content (AvgIpc) is 2.42. The van der Waals surface area contributed by atoms with Gasteiger partial charge in [0.05, 0.1) is 0 Å². The molecular weight excluding hydrogens is 242 g/mol. The molecule has 0 aromatic rings. The summed E-state index contributed by atoms with van der Waals surface area (Å²) in [6, 6.07) is 1.89. The van der Waals surface area contributed by atoms with Crippen LogP contribution in [0.2, 0.25) is 0 Å². The van der Waals surface area contributed by atoms with E-state index in [1.165, 1.54) is 83.6 Å². The van der Waals surface area contributed by atoms with E-state index in [1.54, 1.807) is 0 Å². The molecule has 0 bridgehead atoms. The Morgan fingerprint density at radius 1 is 0.778 bits per heavy atom. The molecule has 18 heavy (non-hydrogen) atoms. The van der Waals surface area contributed by atoms with Crippen LogP contribution in [0.25, 0.3) is 0 Å². The van der Waals surface area contributed by atoms with Crippen molar-refractivity contribution < 1.29 is 0 Å². The first-order valence-corrected chi connectivity index (χ1v) is 8.17. The average molecular weight is 274 g/mol. The Hall–Kier alpha value is 0.250. The second kappa shape index (κ2) is 9.20. The molecule has 108 valence electrons. The molecule has 2 saturated carbocycles. The summed E-state index contributed by atoms with van der Waals surface area (Å²) in [4.78, 5) is 2.93. The van der Waals surface area contributed by atoms with Gasteiger partial charge in [-0.15, -0.1) is 12.4 Å². The largest absolute Gasteiger partial charge is 0.297 e. The zero-order valence-electron chi connectivity index (χ0n) is 12.2. The molecule has 0 aliphatic heterocycles. The summed E-state index contributed by atoms with van der Waals surface area (Å²) in [5.74, 6) is 0. The van der Waals surface area contributed by atoms with Gasteiger partial charge in [-0.2, -0.15) is 0 Å². The van der Waals surface area contributed by atoms with Crippen molar-refractivity contribution in [1.82, 2.24) is 4.90 Å². The highest BCUT2D eigenvalue weighted by atomic mass is 35.5. The van der Waals surface area contributed by atoms with Crippen LogP contribution in [0.5, 0.6) is 0 Å². The van der Waals surface area contributed by atoms with Crippen molar-refractivity contribution in [2.75, 3.05) is 6.54 Å². The Balaban J connectivity index is 0.00000162. The van der Waals surface area contributed by atoms with Crippen molar-refractivity contribution in [2.45, 2.75) is 96.1 Å². The smallest absolute Gasteiger partial charge is 0.00981 e. The van der Waals surface area contributed by atoms with Crippen LogP contribution in [-0.2, 0) is 0 Å². The molecule has 0 amide bonds. The van der Waals surface area contributed by atoms with Crippen molar-refractivity contribution in [3.63, 3.8) is 0 Å². The lowest BCUT2D eigenvalue weighted by Crippen LogP contribution is -2.45. The second-order valence-corrected chi connectivity index (χ2v) is 6.18. The molecule has 1 nitrogen and oxygen atoms in total. The minimum atomic E-state index is 0. The van der Waals surface area contributed by atoms with E-state index >= 15 is 0 Å². The van der Waals surface area contributed by atoms with E-state index in [0.717, 1.165) is 12.1 Å². The summed E-state index contributed by atoms with van der Waals surface area (Å²) in [7, 11) is 0. The fourth-order valence-electron chi connectivity index (χ4n) is 3.83. The van der Waals surface area contributed by atoms with Gasteiger partial charge in [0.1, 0.15) is 0 Å². The van der Waals surface area contributed by atoms with Crippen LogP contribution in [0.4, 0.5) is 0 Å². The second-order valence-electron chi connectivity index (χ2n) is 6.18. The molecule has 0 aromatic carbocycles. The third-order valence-corrected chi connectivity index (χ3v) is 4.86. The lowest BCUT2D eigenvalue weighted by molar-refractivity contribution is 0.0794. The van der Waals surface area contributed by atoms with E-state index in [9.17, 15) is 0 Å². The van der Waals surface area contributed by atoms with Crippen LogP contribution in [0.15, 0.2) is 0 Å². The highest BCUT2D eigenvalue weighted by molar-refractivity contribution is 5.85. The van der Waals surface area contributed by atoms with Crippen LogP contribution >= 0.6 is 12.4 Å². The third kappa shape index (κ3) is 4.74. The molecule has 0 unspecified atom stereocenters. The highest BCUT2D eigenvalue weighted by Crippen LogP contribution is 2.30. The molecule has 0 spiro atoms. The third-order valence-electron chi connectivity index (χ3n) is 4.86. The Morgan fingerprint density at radius 3 is 1.61 bits per heavy atom. The SMILES string of the molecule is CCCCN(C1CCCCC1)C1CCCCC1.Cl. The molecule has 0 atom stereocenters. The first kappa shape index (κ1) is 16.3. The van der Waals surface area contributed by atoms with Gasteiger partial charge >= 0.3 is 0 Å². The van der Waals surface area contributed by atoms with Gasteiger partial charge in [-0.3, -0.25) is 4.90 Å². The fraction of sp³-hybridized carbons (Fsp3) is 1.00. The summed E-state index contributed by atoms with van der Waals surface area (Å²) in [6.07, 6.45) is 17.6. The van der Waals surface area contributed by atoms with Crippen LogP contribution in [-0.4, -0.2) is 23.5 Å². The van der Waals surface area contributed by atoms with Gasteiger partial charge in [0.2, 0.25) is 0 Å². The van der Waals surface area contributed by atoms with Gasteiger partial charge < -0.3 is 0 Å². The van der Waals surface area contributed by atoms with Crippen LogP contribution in [0, 0.1) is 0 Å². The predicted octanol–water partition coefficient (Wildman–Crippen LogP) is 5.18. The lowest BCUT2D eigenvalue weighted by atomic mass is 9.88. The van der Waals surface area contributed by atoms with Gasteiger partial charge in [0.25, 0.3) is 0 Å². The van der Waals surface area contributed by atoms with Gasteiger partial charge in [0.15, 0.2) is 0 Å². The molecule has 2 aliphatic carbocycles. The molecule has 2 aliphatic rings. The van der Waals surface area contributed by atoms with E-state index in [1.807, 2.05) is 0 Å². The standard InChI is InChI=1S/C16H31N.ClH/c1-2-3-14-17(15-10-6-4-7-11-15)16-12-8-5-9-13-16;/h15-16H,2-14H2,1H3;1H. The summed E-state index contributed by atoms with van der Waals surface area (Å²) >= 11 is 0. The Bertz CT molecular complexity index is 177. The number of halogens is 1. The van der Waals surface area contributed by atoms with E-state index in [0.29, 0.717) is 0 Å². The van der Waals surface area contributed by atoms with Gasteiger partial charge in [-0.25, -0.2) is 0 Å². The molecule has 0 heterocycles. The maximum absolute atomic E-state index is 2.93. The Morgan fingerprint density at radius 2 is 1.22 bits per heavy atom. The topological polar surface area (TPSA) is 3.24 Å². The number of rotatable bonds is 5. The minimum Gasteiger partial charge on any atom is -0.297 e. The maximum Gasteiger partial charge on any atom is 0.00981 e. The van der Waals surface area contributed by atoms with Gasteiger partial charge in [-0.05, 0) is 38.6 Å². The zero-order chi connectivity index (χ0) is 11.9. The van der Waals surface area contributed by atoms with Gasteiger partial charge in [0, 0.05) is 12.1 Å². The van der Waals surface area contributed by atoms with Crippen LogP contribution in [0.1, 0.15) is 84.0 Å². The molecule has 0 aromatic heterocycles. The molecular formula is C16H32ClN. The van der Waals surface area contributed by atoms with Crippen molar-refractivity contribution >= 4 is 12.4 Å². The van der Waals surface area contributed by atoms with Crippen molar-refractivity contribution in [3.05, 3.63) is 0 Å². The van der Waals surface area contributed by atoms with E-state index in [2.05, 4.69) is 11.8 Å². The minimum absolute atomic E-state index is 0. The van der Waals surface area contributed by atoms with Gasteiger partial charge in [-0.1, -0.05) is 51.9 Å². The highest BCUT2D eigenvalue weighted by Gasteiger charge is 2.27. The predicted molar refractivity (Wildman–Crippen MR) is 82.6 cm³/mol. The number of nitrogens with zero attached hydrogens (tertiary/aromatic N) is 1. The first-order chi connectivity index (χ1) is 8.42. The van der Waals surface area contributed by atoms with E-state index in [-0.39, 0.29) is 12.4 Å². The lowest BCUT2D eigenvalue weighted by Gasteiger charge is -2.41. The van der Waals surface area contributed by atoms with Crippen molar-refractivity contribution in [2.24, 2.45) is 0 Å². The molecule has 2 rings (SSSR count). The summed E-state index contributed by atoms with van der Waals surface area (Å²) in [6.45, 7) is 3.71. The number of hydrogen-bond acceptors (Lipinski definition) is 1. The van der Waals surface area contributed by atoms with Crippen molar-refractivity contribution in [3.8, 4) is 0 Å².